The molecule has 1 aliphatic rings. The molecule has 0 aliphatic carbocycles. The zero-order valence-corrected chi connectivity index (χ0v) is 14.7. The second kappa shape index (κ2) is 7.03. The molecule has 1 saturated heterocycles. The van der Waals surface area contributed by atoms with Crippen LogP contribution < -0.4 is 5.32 Å². The largest absolute Gasteiger partial charge is 0.350 e. The fourth-order valence-electron chi connectivity index (χ4n) is 2.72. The number of amides is 3. The molecule has 0 spiro atoms. The van der Waals surface area contributed by atoms with Crippen LogP contribution in [0.5, 0.6) is 0 Å². The average molecular weight is 331 g/mol. The molecule has 0 aromatic heterocycles. The highest BCUT2D eigenvalue weighted by Crippen LogP contribution is 2.15. The summed E-state index contributed by atoms with van der Waals surface area (Å²) < 4.78 is 0. The summed E-state index contributed by atoms with van der Waals surface area (Å²) in [7, 11) is 0. The number of hydrogen-bond acceptors (Lipinski definition) is 3. The Bertz CT molecular complexity index is 622. The zero-order chi connectivity index (χ0) is 17.9. The maximum atomic E-state index is 12.6. The standard InChI is InChI=1S/C18H25N3O3/c1-13-17(24)20(10-14-8-6-5-7-9-14)12-16(23)21(13)11-15(22)19-18(2,3)4/h5-9,13H,10-12H2,1-4H3,(H,19,22)/t13-/m0/s1. The van der Waals surface area contributed by atoms with E-state index in [0.29, 0.717) is 6.54 Å². The van der Waals surface area contributed by atoms with Gasteiger partial charge in [0.05, 0.1) is 0 Å². The molecule has 1 aromatic carbocycles. The van der Waals surface area contributed by atoms with E-state index in [1.165, 1.54) is 4.90 Å². The molecule has 1 aliphatic heterocycles. The summed E-state index contributed by atoms with van der Waals surface area (Å²) in [6.07, 6.45) is 0. The Labute approximate surface area is 142 Å². The Morgan fingerprint density at radius 1 is 1.21 bits per heavy atom. The first-order valence-electron chi connectivity index (χ1n) is 8.10. The van der Waals surface area contributed by atoms with Crippen molar-refractivity contribution in [3.63, 3.8) is 0 Å². The van der Waals surface area contributed by atoms with Gasteiger partial charge in [0, 0.05) is 12.1 Å². The van der Waals surface area contributed by atoms with Gasteiger partial charge in [-0.1, -0.05) is 30.3 Å². The quantitative estimate of drug-likeness (QED) is 0.900. The molecular formula is C18H25N3O3. The van der Waals surface area contributed by atoms with E-state index in [0.717, 1.165) is 5.56 Å². The SMILES string of the molecule is C[C@H]1C(=O)N(Cc2ccccc2)CC(=O)N1CC(=O)NC(C)(C)C. The second-order valence-corrected chi connectivity index (χ2v) is 7.18. The Morgan fingerprint density at radius 2 is 1.83 bits per heavy atom. The van der Waals surface area contributed by atoms with Crippen LogP contribution in [-0.4, -0.2) is 52.2 Å². The molecule has 0 saturated carbocycles. The lowest BCUT2D eigenvalue weighted by molar-refractivity contribution is -0.157. The number of nitrogens with one attached hydrogen (secondary N) is 1. The maximum absolute atomic E-state index is 12.6. The minimum absolute atomic E-state index is 0.000859. The Hall–Kier alpha value is -2.37. The first-order valence-corrected chi connectivity index (χ1v) is 8.10. The van der Waals surface area contributed by atoms with Gasteiger partial charge in [-0.3, -0.25) is 14.4 Å². The molecule has 6 heteroatoms. The Kier molecular flexibility index (Phi) is 5.26. The van der Waals surface area contributed by atoms with Crippen LogP contribution in [0.4, 0.5) is 0 Å². The molecule has 1 fully saturated rings. The van der Waals surface area contributed by atoms with Crippen molar-refractivity contribution in [1.82, 2.24) is 15.1 Å². The third kappa shape index (κ3) is 4.57. The van der Waals surface area contributed by atoms with Crippen molar-refractivity contribution in [2.24, 2.45) is 0 Å². The van der Waals surface area contributed by atoms with E-state index in [2.05, 4.69) is 5.32 Å². The summed E-state index contributed by atoms with van der Waals surface area (Å²) in [5.41, 5.74) is 0.604. The van der Waals surface area contributed by atoms with Gasteiger partial charge in [-0.05, 0) is 33.3 Å². The predicted octanol–water partition coefficient (Wildman–Crippen LogP) is 1.16. The molecule has 6 nitrogen and oxygen atoms in total. The van der Waals surface area contributed by atoms with E-state index in [4.69, 9.17) is 0 Å². The van der Waals surface area contributed by atoms with Crippen molar-refractivity contribution < 1.29 is 14.4 Å². The summed E-state index contributed by atoms with van der Waals surface area (Å²) in [6, 6.07) is 8.92. The molecule has 24 heavy (non-hydrogen) atoms. The van der Waals surface area contributed by atoms with Crippen molar-refractivity contribution >= 4 is 17.7 Å². The highest BCUT2D eigenvalue weighted by molar-refractivity contribution is 5.96. The van der Waals surface area contributed by atoms with Gasteiger partial charge in [0.2, 0.25) is 17.7 Å². The Morgan fingerprint density at radius 3 is 2.42 bits per heavy atom. The molecule has 2 rings (SSSR count). The van der Waals surface area contributed by atoms with Gasteiger partial charge in [-0.25, -0.2) is 0 Å². The van der Waals surface area contributed by atoms with Crippen molar-refractivity contribution in [3.05, 3.63) is 35.9 Å². The molecule has 1 N–H and O–H groups in total. The number of carbonyl (C=O) groups excluding carboxylic acids is 3. The second-order valence-electron chi connectivity index (χ2n) is 7.18. The van der Waals surface area contributed by atoms with Crippen LogP contribution in [0.15, 0.2) is 30.3 Å². The van der Waals surface area contributed by atoms with Crippen molar-refractivity contribution in [1.29, 1.82) is 0 Å². The van der Waals surface area contributed by atoms with Crippen molar-refractivity contribution in [3.8, 4) is 0 Å². The molecule has 0 unspecified atom stereocenters. The normalized spacial score (nSPS) is 18.8. The maximum Gasteiger partial charge on any atom is 0.245 e. The van der Waals surface area contributed by atoms with E-state index in [1.54, 1.807) is 11.8 Å². The van der Waals surface area contributed by atoms with E-state index >= 15 is 0 Å². The molecule has 1 atom stereocenters. The monoisotopic (exact) mass is 331 g/mol. The predicted molar refractivity (Wildman–Crippen MR) is 90.9 cm³/mol. The smallest absolute Gasteiger partial charge is 0.245 e. The highest BCUT2D eigenvalue weighted by atomic mass is 16.2. The summed E-state index contributed by atoms with van der Waals surface area (Å²) in [6.45, 7) is 7.60. The van der Waals surface area contributed by atoms with Gasteiger partial charge in [0.15, 0.2) is 0 Å². The van der Waals surface area contributed by atoms with Gasteiger partial charge in [0.1, 0.15) is 19.1 Å². The van der Waals surface area contributed by atoms with Gasteiger partial charge >= 0.3 is 0 Å². The molecule has 3 amide bonds. The first-order chi connectivity index (χ1) is 11.2. The summed E-state index contributed by atoms with van der Waals surface area (Å²) in [5, 5.41) is 2.82. The lowest BCUT2D eigenvalue weighted by atomic mass is 10.1. The van der Waals surface area contributed by atoms with E-state index < -0.39 is 6.04 Å². The minimum atomic E-state index is -0.638. The van der Waals surface area contributed by atoms with Crippen LogP contribution in [0.2, 0.25) is 0 Å². The van der Waals surface area contributed by atoms with E-state index in [1.807, 2.05) is 51.1 Å². The van der Waals surface area contributed by atoms with Crippen molar-refractivity contribution in [2.45, 2.75) is 45.8 Å². The summed E-state index contributed by atoms with van der Waals surface area (Å²) in [5.74, 6) is -0.601. The molecular weight excluding hydrogens is 306 g/mol. The van der Waals surface area contributed by atoms with Crippen molar-refractivity contribution in [2.75, 3.05) is 13.1 Å². The minimum Gasteiger partial charge on any atom is -0.350 e. The van der Waals surface area contributed by atoms with Gasteiger partial charge < -0.3 is 15.1 Å². The number of benzene rings is 1. The first kappa shape index (κ1) is 18.0. The average Bonchev–Trinajstić information content (AvgIpc) is 2.48. The number of hydrogen-bond donors (Lipinski definition) is 1. The lowest BCUT2D eigenvalue weighted by Crippen LogP contribution is -2.60. The summed E-state index contributed by atoms with van der Waals surface area (Å²) >= 11 is 0. The van der Waals surface area contributed by atoms with Crippen LogP contribution in [0, 0.1) is 0 Å². The topological polar surface area (TPSA) is 69.7 Å². The van der Waals surface area contributed by atoms with Crippen LogP contribution >= 0.6 is 0 Å². The number of rotatable bonds is 4. The van der Waals surface area contributed by atoms with E-state index in [9.17, 15) is 14.4 Å². The number of nitrogens with zero attached hydrogens (tertiary/aromatic N) is 2. The molecule has 0 bridgehead atoms. The zero-order valence-electron chi connectivity index (χ0n) is 14.7. The molecule has 130 valence electrons. The molecule has 1 heterocycles. The van der Waals surface area contributed by atoms with E-state index in [-0.39, 0.29) is 36.3 Å². The third-order valence-corrected chi connectivity index (χ3v) is 3.83. The summed E-state index contributed by atoms with van der Waals surface area (Å²) in [4.78, 5) is 39.9. The van der Waals surface area contributed by atoms with Gasteiger partial charge in [-0.2, -0.15) is 0 Å². The fraction of sp³-hybridized carbons (Fsp3) is 0.500. The number of carbonyl (C=O) groups is 3. The van der Waals surface area contributed by atoms with Crippen LogP contribution in [-0.2, 0) is 20.9 Å². The number of piperazine rings is 1. The van der Waals surface area contributed by atoms with Gasteiger partial charge in [-0.15, -0.1) is 0 Å². The Balaban J connectivity index is 2.02. The molecule has 0 radical (unpaired) electrons. The van der Waals surface area contributed by atoms with Crippen LogP contribution in [0.25, 0.3) is 0 Å². The lowest BCUT2D eigenvalue weighted by Gasteiger charge is -2.38. The third-order valence-electron chi connectivity index (χ3n) is 3.83. The fourth-order valence-corrected chi connectivity index (χ4v) is 2.72. The van der Waals surface area contributed by atoms with Crippen LogP contribution in [0.1, 0.15) is 33.3 Å². The van der Waals surface area contributed by atoms with Crippen LogP contribution in [0.3, 0.4) is 0 Å². The highest BCUT2D eigenvalue weighted by Gasteiger charge is 2.37. The van der Waals surface area contributed by atoms with Gasteiger partial charge in [0.25, 0.3) is 0 Å². The molecule has 1 aromatic rings.